The van der Waals surface area contributed by atoms with E-state index < -0.39 is 4.92 Å². The number of benzene rings is 1. The van der Waals surface area contributed by atoms with Gasteiger partial charge in [0.1, 0.15) is 5.69 Å². The van der Waals surface area contributed by atoms with Gasteiger partial charge in [0.05, 0.1) is 4.92 Å². The monoisotopic (exact) mass is 303 g/mol. The standard InChI is InChI=1S/C15H17N3O4/c1-10(19)16-14-4-3-13(9-15(14)18(21)22)12-5-7-17(8-6-12)11(2)20/h3-5,9H,6-8H2,1-2H3,(H,16,19). The van der Waals surface area contributed by atoms with Gasteiger partial charge in [0.15, 0.2) is 0 Å². The van der Waals surface area contributed by atoms with Crippen molar-refractivity contribution in [2.45, 2.75) is 20.3 Å². The van der Waals surface area contributed by atoms with Crippen LogP contribution in [0.1, 0.15) is 25.8 Å². The zero-order valence-electron chi connectivity index (χ0n) is 12.5. The minimum absolute atomic E-state index is 0.0160. The second-order valence-corrected chi connectivity index (χ2v) is 5.11. The Labute approximate surface area is 127 Å². The van der Waals surface area contributed by atoms with Crippen molar-refractivity contribution in [2.24, 2.45) is 0 Å². The van der Waals surface area contributed by atoms with Crippen molar-refractivity contribution in [1.29, 1.82) is 0 Å². The van der Waals surface area contributed by atoms with Gasteiger partial charge in [-0.25, -0.2) is 0 Å². The second kappa shape index (κ2) is 6.38. The van der Waals surface area contributed by atoms with Crippen LogP contribution in [0.4, 0.5) is 11.4 Å². The number of nitro groups is 1. The molecule has 1 aromatic carbocycles. The first-order valence-corrected chi connectivity index (χ1v) is 6.89. The van der Waals surface area contributed by atoms with E-state index >= 15 is 0 Å². The van der Waals surface area contributed by atoms with E-state index in [0.29, 0.717) is 19.5 Å². The first kappa shape index (κ1) is 15.7. The highest BCUT2D eigenvalue weighted by atomic mass is 16.6. The van der Waals surface area contributed by atoms with Crippen molar-refractivity contribution in [3.05, 3.63) is 40.0 Å². The maximum atomic E-state index is 11.3. The minimum atomic E-state index is -0.514. The highest BCUT2D eigenvalue weighted by Crippen LogP contribution is 2.31. The summed E-state index contributed by atoms with van der Waals surface area (Å²) in [6, 6.07) is 4.74. The molecule has 1 heterocycles. The Morgan fingerprint density at radius 2 is 2.05 bits per heavy atom. The van der Waals surface area contributed by atoms with Crippen molar-refractivity contribution in [3.63, 3.8) is 0 Å². The Morgan fingerprint density at radius 1 is 1.32 bits per heavy atom. The van der Waals surface area contributed by atoms with Crippen LogP contribution in [0, 0.1) is 10.1 Å². The quantitative estimate of drug-likeness (QED) is 0.684. The number of carbonyl (C=O) groups is 2. The molecule has 22 heavy (non-hydrogen) atoms. The molecule has 0 atom stereocenters. The zero-order chi connectivity index (χ0) is 16.3. The van der Waals surface area contributed by atoms with Crippen LogP contribution in [0.25, 0.3) is 5.57 Å². The Morgan fingerprint density at radius 3 is 2.55 bits per heavy atom. The van der Waals surface area contributed by atoms with Gasteiger partial charge in [-0.3, -0.25) is 19.7 Å². The molecule has 1 aliphatic heterocycles. The summed E-state index contributed by atoms with van der Waals surface area (Å²) in [4.78, 5) is 34.8. The fraction of sp³-hybridized carbons (Fsp3) is 0.333. The summed E-state index contributed by atoms with van der Waals surface area (Å²) < 4.78 is 0. The largest absolute Gasteiger partial charge is 0.339 e. The van der Waals surface area contributed by atoms with Crippen LogP contribution in [0.2, 0.25) is 0 Å². The third-order valence-corrected chi connectivity index (χ3v) is 3.53. The first-order valence-electron chi connectivity index (χ1n) is 6.89. The molecular weight excluding hydrogens is 286 g/mol. The molecule has 0 unspecified atom stereocenters. The molecule has 2 amide bonds. The van der Waals surface area contributed by atoms with E-state index in [4.69, 9.17) is 0 Å². The van der Waals surface area contributed by atoms with Crippen molar-refractivity contribution in [3.8, 4) is 0 Å². The number of hydrogen-bond acceptors (Lipinski definition) is 4. The normalized spacial score (nSPS) is 14.3. The fourth-order valence-corrected chi connectivity index (χ4v) is 2.40. The van der Waals surface area contributed by atoms with Gasteiger partial charge in [-0.15, -0.1) is 0 Å². The minimum Gasteiger partial charge on any atom is -0.339 e. The maximum absolute atomic E-state index is 11.3. The number of nitrogens with one attached hydrogen (secondary N) is 1. The fourth-order valence-electron chi connectivity index (χ4n) is 2.40. The molecule has 1 aliphatic rings. The highest BCUT2D eigenvalue weighted by Gasteiger charge is 2.19. The lowest BCUT2D eigenvalue weighted by Gasteiger charge is -2.25. The Balaban J connectivity index is 2.30. The van der Waals surface area contributed by atoms with Crippen LogP contribution in [0.15, 0.2) is 24.3 Å². The molecule has 0 saturated heterocycles. The van der Waals surface area contributed by atoms with Crippen LogP contribution >= 0.6 is 0 Å². The number of amides is 2. The molecule has 0 saturated carbocycles. The lowest BCUT2D eigenvalue weighted by molar-refractivity contribution is -0.383. The predicted molar refractivity (Wildman–Crippen MR) is 82.2 cm³/mol. The van der Waals surface area contributed by atoms with Crippen molar-refractivity contribution in [2.75, 3.05) is 18.4 Å². The van der Waals surface area contributed by atoms with Gasteiger partial charge in [-0.2, -0.15) is 0 Å². The molecule has 0 aliphatic carbocycles. The molecule has 0 aromatic heterocycles. The van der Waals surface area contributed by atoms with Gasteiger partial charge in [0.25, 0.3) is 5.69 Å². The molecule has 116 valence electrons. The van der Waals surface area contributed by atoms with E-state index in [0.717, 1.165) is 11.1 Å². The Hall–Kier alpha value is -2.70. The van der Waals surface area contributed by atoms with E-state index in [9.17, 15) is 19.7 Å². The molecule has 1 aromatic rings. The molecule has 0 spiro atoms. The summed E-state index contributed by atoms with van der Waals surface area (Å²) in [5.74, 6) is -0.341. The first-order chi connectivity index (χ1) is 10.4. The van der Waals surface area contributed by atoms with Gasteiger partial charge in [-0.05, 0) is 23.6 Å². The highest BCUT2D eigenvalue weighted by molar-refractivity contribution is 5.92. The second-order valence-electron chi connectivity index (χ2n) is 5.11. The molecule has 7 nitrogen and oxygen atoms in total. The summed E-state index contributed by atoms with van der Waals surface area (Å²) in [6.07, 6.45) is 2.55. The maximum Gasteiger partial charge on any atom is 0.293 e. The van der Waals surface area contributed by atoms with Gasteiger partial charge in [0.2, 0.25) is 11.8 Å². The Bertz CT molecular complexity index is 667. The molecule has 0 bridgehead atoms. The predicted octanol–water partition coefficient (Wildman–Crippen LogP) is 2.19. The summed E-state index contributed by atoms with van der Waals surface area (Å²) in [5.41, 5.74) is 1.75. The summed E-state index contributed by atoms with van der Waals surface area (Å²) in [6.45, 7) is 3.93. The number of nitrogens with zero attached hydrogens (tertiary/aromatic N) is 2. The van der Waals surface area contributed by atoms with Crippen LogP contribution in [0.5, 0.6) is 0 Å². The van der Waals surface area contributed by atoms with Crippen molar-refractivity contribution < 1.29 is 14.5 Å². The lowest BCUT2D eigenvalue weighted by atomic mass is 9.98. The summed E-state index contributed by atoms with van der Waals surface area (Å²) in [7, 11) is 0. The lowest BCUT2D eigenvalue weighted by Crippen LogP contribution is -2.32. The van der Waals surface area contributed by atoms with Gasteiger partial charge in [0, 0.05) is 33.0 Å². The third-order valence-electron chi connectivity index (χ3n) is 3.53. The Kier molecular flexibility index (Phi) is 4.55. The number of hydrogen-bond donors (Lipinski definition) is 1. The van der Waals surface area contributed by atoms with Crippen LogP contribution < -0.4 is 5.32 Å². The zero-order valence-corrected chi connectivity index (χ0v) is 12.5. The van der Waals surface area contributed by atoms with Gasteiger partial charge in [-0.1, -0.05) is 12.1 Å². The van der Waals surface area contributed by atoms with E-state index in [2.05, 4.69) is 5.32 Å². The van der Waals surface area contributed by atoms with E-state index in [1.54, 1.807) is 11.0 Å². The summed E-state index contributed by atoms with van der Waals surface area (Å²) >= 11 is 0. The molecule has 0 radical (unpaired) electrons. The summed E-state index contributed by atoms with van der Waals surface area (Å²) in [5, 5.41) is 13.6. The molecule has 0 fully saturated rings. The number of rotatable bonds is 3. The third kappa shape index (κ3) is 3.49. The average Bonchev–Trinajstić information content (AvgIpc) is 2.47. The van der Waals surface area contributed by atoms with E-state index in [1.165, 1.54) is 26.0 Å². The molecule has 7 heteroatoms. The smallest absolute Gasteiger partial charge is 0.293 e. The van der Waals surface area contributed by atoms with Crippen LogP contribution in [-0.2, 0) is 9.59 Å². The topological polar surface area (TPSA) is 92.6 Å². The SMILES string of the molecule is CC(=O)Nc1ccc(C2=CCN(C(C)=O)CC2)cc1[N+](=O)[O-]. The van der Waals surface area contributed by atoms with E-state index in [-0.39, 0.29) is 23.2 Å². The average molecular weight is 303 g/mol. The number of carbonyl (C=O) groups excluding carboxylic acids is 2. The number of nitro benzene ring substituents is 1. The van der Waals surface area contributed by atoms with Gasteiger partial charge < -0.3 is 10.2 Å². The van der Waals surface area contributed by atoms with Crippen molar-refractivity contribution >= 4 is 28.8 Å². The van der Waals surface area contributed by atoms with Gasteiger partial charge >= 0.3 is 0 Å². The number of anilines is 1. The molecular formula is C15H17N3O4. The van der Waals surface area contributed by atoms with Crippen LogP contribution in [0.3, 0.4) is 0 Å². The van der Waals surface area contributed by atoms with Crippen LogP contribution in [-0.4, -0.2) is 34.7 Å². The van der Waals surface area contributed by atoms with Crippen molar-refractivity contribution in [1.82, 2.24) is 4.90 Å². The van der Waals surface area contributed by atoms with E-state index in [1.807, 2.05) is 6.08 Å². The molecule has 1 N–H and O–H groups in total. The molecule has 2 rings (SSSR count).